The van der Waals surface area contributed by atoms with E-state index in [4.69, 9.17) is 23.7 Å². The molecule has 5 nitrogen and oxygen atoms in total. The average Bonchev–Trinajstić information content (AvgIpc) is 2.31. The van der Waals surface area contributed by atoms with E-state index in [1.54, 1.807) is 0 Å². The van der Waals surface area contributed by atoms with Crippen LogP contribution in [0.4, 0.5) is 0 Å². The van der Waals surface area contributed by atoms with Gasteiger partial charge in [0.15, 0.2) is 5.79 Å². The summed E-state index contributed by atoms with van der Waals surface area (Å²) in [6.45, 7) is 12.6. The highest BCUT2D eigenvalue weighted by Crippen LogP contribution is 2.09. The van der Waals surface area contributed by atoms with Crippen molar-refractivity contribution in [3.05, 3.63) is 0 Å². The molecule has 110 valence electrons. The Kier molecular flexibility index (Phi) is 11.7. The van der Waals surface area contributed by atoms with E-state index in [0.717, 1.165) is 6.61 Å². The fraction of sp³-hybridized carbons (Fsp3) is 1.00. The van der Waals surface area contributed by atoms with Crippen LogP contribution in [0.3, 0.4) is 0 Å². The highest BCUT2D eigenvalue weighted by molar-refractivity contribution is 4.52. The topological polar surface area (TPSA) is 46.2 Å². The standard InChI is InChI=1S/C13H28O5/c1-5-14-7-8-15-9-10-16-11-12-18-13(3,4)17-6-2/h5-12H2,1-4H3. The molecule has 18 heavy (non-hydrogen) atoms. The van der Waals surface area contributed by atoms with Crippen molar-refractivity contribution in [3.8, 4) is 0 Å². The van der Waals surface area contributed by atoms with Gasteiger partial charge in [0.05, 0.1) is 39.6 Å². The third kappa shape index (κ3) is 12.3. The van der Waals surface area contributed by atoms with Gasteiger partial charge in [-0.15, -0.1) is 0 Å². The van der Waals surface area contributed by atoms with Crippen LogP contribution in [-0.2, 0) is 23.7 Å². The van der Waals surface area contributed by atoms with E-state index in [2.05, 4.69) is 0 Å². The maximum atomic E-state index is 5.52. The van der Waals surface area contributed by atoms with Gasteiger partial charge in [-0.3, -0.25) is 0 Å². The molecular weight excluding hydrogens is 236 g/mol. The first-order valence-corrected chi connectivity index (χ1v) is 6.63. The summed E-state index contributed by atoms with van der Waals surface area (Å²) in [5.41, 5.74) is 0. The van der Waals surface area contributed by atoms with Crippen LogP contribution >= 0.6 is 0 Å². The summed E-state index contributed by atoms with van der Waals surface area (Å²) in [7, 11) is 0. The quantitative estimate of drug-likeness (QED) is 0.375. The normalized spacial score (nSPS) is 12.0. The molecule has 0 atom stereocenters. The summed E-state index contributed by atoms with van der Waals surface area (Å²) in [6.07, 6.45) is 0. The van der Waals surface area contributed by atoms with Crippen LogP contribution < -0.4 is 0 Å². The Labute approximate surface area is 111 Å². The van der Waals surface area contributed by atoms with Gasteiger partial charge in [-0.25, -0.2) is 0 Å². The van der Waals surface area contributed by atoms with Crippen molar-refractivity contribution in [3.63, 3.8) is 0 Å². The zero-order chi connectivity index (χ0) is 13.7. The molecule has 0 saturated heterocycles. The second-order valence-electron chi connectivity index (χ2n) is 4.10. The molecule has 0 aromatic carbocycles. The highest BCUT2D eigenvalue weighted by Gasteiger charge is 2.17. The summed E-state index contributed by atoms with van der Waals surface area (Å²) in [5, 5.41) is 0. The van der Waals surface area contributed by atoms with Crippen LogP contribution in [-0.4, -0.2) is 58.6 Å². The molecule has 0 amide bonds. The lowest BCUT2D eigenvalue weighted by molar-refractivity contribution is -0.216. The van der Waals surface area contributed by atoms with Gasteiger partial charge in [-0.2, -0.15) is 0 Å². The minimum atomic E-state index is -0.536. The van der Waals surface area contributed by atoms with Gasteiger partial charge in [0.2, 0.25) is 0 Å². The Hall–Kier alpha value is -0.200. The molecule has 0 heterocycles. The molecular formula is C13H28O5. The van der Waals surface area contributed by atoms with Crippen LogP contribution in [0, 0.1) is 0 Å². The molecule has 0 spiro atoms. The zero-order valence-electron chi connectivity index (χ0n) is 12.2. The molecule has 0 N–H and O–H groups in total. The van der Waals surface area contributed by atoms with Gasteiger partial charge in [0.25, 0.3) is 0 Å². The molecule has 0 fully saturated rings. The van der Waals surface area contributed by atoms with Gasteiger partial charge in [-0.05, 0) is 27.7 Å². The van der Waals surface area contributed by atoms with Gasteiger partial charge in [0, 0.05) is 13.2 Å². The predicted octanol–water partition coefficient (Wildman–Crippen LogP) is 1.85. The molecule has 0 unspecified atom stereocenters. The van der Waals surface area contributed by atoms with Gasteiger partial charge in [0.1, 0.15) is 0 Å². The first-order chi connectivity index (χ1) is 8.62. The van der Waals surface area contributed by atoms with Crippen LogP contribution in [0.15, 0.2) is 0 Å². The van der Waals surface area contributed by atoms with Crippen LogP contribution in [0.2, 0.25) is 0 Å². The molecule has 0 aliphatic heterocycles. The summed E-state index contributed by atoms with van der Waals surface area (Å²) >= 11 is 0. The van der Waals surface area contributed by atoms with Gasteiger partial charge >= 0.3 is 0 Å². The van der Waals surface area contributed by atoms with E-state index in [9.17, 15) is 0 Å². The number of hydrogen-bond donors (Lipinski definition) is 0. The van der Waals surface area contributed by atoms with Crippen molar-refractivity contribution in [1.82, 2.24) is 0 Å². The van der Waals surface area contributed by atoms with Crippen LogP contribution in [0.25, 0.3) is 0 Å². The lowest BCUT2D eigenvalue weighted by Crippen LogP contribution is -2.30. The molecule has 0 aliphatic carbocycles. The first kappa shape index (κ1) is 17.8. The van der Waals surface area contributed by atoms with Crippen molar-refractivity contribution in [1.29, 1.82) is 0 Å². The van der Waals surface area contributed by atoms with Crippen molar-refractivity contribution in [2.24, 2.45) is 0 Å². The zero-order valence-corrected chi connectivity index (χ0v) is 12.2. The summed E-state index contributed by atoms with van der Waals surface area (Å²) < 4.78 is 26.7. The minimum Gasteiger partial charge on any atom is -0.379 e. The Bertz CT molecular complexity index is 173. The Morgan fingerprint density at radius 2 is 1.11 bits per heavy atom. The molecule has 0 rings (SSSR count). The lowest BCUT2D eigenvalue weighted by Gasteiger charge is -2.24. The number of hydrogen-bond acceptors (Lipinski definition) is 5. The smallest absolute Gasteiger partial charge is 0.162 e. The maximum absolute atomic E-state index is 5.52. The number of ether oxygens (including phenoxy) is 5. The fourth-order valence-corrected chi connectivity index (χ4v) is 1.32. The van der Waals surface area contributed by atoms with Gasteiger partial charge in [-0.1, -0.05) is 0 Å². The van der Waals surface area contributed by atoms with E-state index < -0.39 is 5.79 Å². The molecule has 0 aromatic heterocycles. The van der Waals surface area contributed by atoms with E-state index >= 15 is 0 Å². The predicted molar refractivity (Wildman–Crippen MR) is 69.8 cm³/mol. The van der Waals surface area contributed by atoms with E-state index in [-0.39, 0.29) is 0 Å². The molecule has 0 radical (unpaired) electrons. The number of rotatable bonds is 13. The van der Waals surface area contributed by atoms with Crippen molar-refractivity contribution in [2.75, 3.05) is 52.9 Å². The fourth-order valence-electron chi connectivity index (χ4n) is 1.32. The Morgan fingerprint density at radius 3 is 1.61 bits per heavy atom. The van der Waals surface area contributed by atoms with E-state index in [0.29, 0.717) is 46.2 Å². The molecule has 0 aliphatic rings. The molecule has 0 bridgehead atoms. The Morgan fingerprint density at radius 1 is 0.611 bits per heavy atom. The van der Waals surface area contributed by atoms with Crippen LogP contribution in [0.1, 0.15) is 27.7 Å². The van der Waals surface area contributed by atoms with Crippen LogP contribution in [0.5, 0.6) is 0 Å². The molecule has 5 heteroatoms. The summed E-state index contributed by atoms with van der Waals surface area (Å²) in [4.78, 5) is 0. The van der Waals surface area contributed by atoms with Crippen molar-refractivity contribution in [2.45, 2.75) is 33.5 Å². The first-order valence-electron chi connectivity index (χ1n) is 6.63. The lowest BCUT2D eigenvalue weighted by atomic mass is 10.4. The maximum Gasteiger partial charge on any atom is 0.162 e. The van der Waals surface area contributed by atoms with Gasteiger partial charge < -0.3 is 23.7 Å². The monoisotopic (exact) mass is 264 g/mol. The Balaban J connectivity index is 3.16. The van der Waals surface area contributed by atoms with Crippen molar-refractivity contribution >= 4 is 0 Å². The summed E-state index contributed by atoms with van der Waals surface area (Å²) in [6, 6.07) is 0. The SMILES string of the molecule is CCOCCOCCOCCOC(C)(C)OCC. The highest BCUT2D eigenvalue weighted by atomic mass is 16.7. The van der Waals surface area contributed by atoms with E-state index in [1.807, 2.05) is 27.7 Å². The third-order valence-corrected chi connectivity index (χ3v) is 2.12. The largest absolute Gasteiger partial charge is 0.379 e. The summed E-state index contributed by atoms with van der Waals surface area (Å²) in [5.74, 6) is -0.536. The molecule has 0 aromatic rings. The second kappa shape index (κ2) is 11.9. The molecule has 0 saturated carbocycles. The van der Waals surface area contributed by atoms with Crippen molar-refractivity contribution < 1.29 is 23.7 Å². The minimum absolute atomic E-state index is 0.520. The third-order valence-electron chi connectivity index (χ3n) is 2.12. The second-order valence-corrected chi connectivity index (χ2v) is 4.10. The van der Waals surface area contributed by atoms with E-state index in [1.165, 1.54) is 0 Å². The average molecular weight is 264 g/mol.